The molecule has 3 N–H and O–H groups in total. The first kappa shape index (κ1) is 13.0. The number of pyridine rings is 1. The predicted molar refractivity (Wildman–Crippen MR) is 65.8 cm³/mol. The van der Waals surface area contributed by atoms with Gasteiger partial charge in [-0.3, -0.25) is 15.2 Å². The third kappa shape index (κ3) is 5.72. The number of nitrogens with one attached hydrogen (secondary N) is 1. The number of nitrogens with two attached hydrogens (primary N) is 1. The molecule has 0 saturated carbocycles. The van der Waals surface area contributed by atoms with Crippen LogP contribution >= 0.6 is 11.8 Å². The summed E-state index contributed by atoms with van der Waals surface area (Å²) < 4.78 is 0. The highest BCUT2D eigenvalue weighted by molar-refractivity contribution is 7.99. The Labute approximate surface area is 100.0 Å². The SMILES string of the molecule is NNC(=O)CCCCCSc1ccncc1. The fourth-order valence-corrected chi connectivity index (χ4v) is 2.16. The van der Waals surface area contributed by atoms with Crippen molar-refractivity contribution < 1.29 is 4.79 Å². The molecule has 0 aliphatic rings. The van der Waals surface area contributed by atoms with E-state index in [0.717, 1.165) is 25.0 Å². The summed E-state index contributed by atoms with van der Waals surface area (Å²) in [4.78, 5) is 16.0. The van der Waals surface area contributed by atoms with E-state index >= 15 is 0 Å². The Morgan fingerprint density at radius 1 is 1.31 bits per heavy atom. The Morgan fingerprint density at radius 2 is 2.06 bits per heavy atom. The first-order valence-electron chi connectivity index (χ1n) is 5.35. The van der Waals surface area contributed by atoms with Crippen LogP contribution in [0.4, 0.5) is 0 Å². The van der Waals surface area contributed by atoms with Gasteiger partial charge in [-0.25, -0.2) is 5.84 Å². The molecule has 0 radical (unpaired) electrons. The lowest BCUT2D eigenvalue weighted by atomic mass is 10.2. The van der Waals surface area contributed by atoms with Crippen LogP contribution in [0.25, 0.3) is 0 Å². The smallest absolute Gasteiger partial charge is 0.233 e. The van der Waals surface area contributed by atoms with Crippen molar-refractivity contribution in [3.63, 3.8) is 0 Å². The van der Waals surface area contributed by atoms with E-state index < -0.39 is 0 Å². The average molecular weight is 239 g/mol. The van der Waals surface area contributed by atoms with Crippen molar-refractivity contribution in [1.29, 1.82) is 0 Å². The molecule has 0 fully saturated rings. The van der Waals surface area contributed by atoms with Crippen molar-refractivity contribution in [1.82, 2.24) is 10.4 Å². The van der Waals surface area contributed by atoms with Crippen molar-refractivity contribution in [2.75, 3.05) is 5.75 Å². The standard InChI is InChI=1S/C11H17N3OS/c12-14-11(15)4-2-1-3-9-16-10-5-7-13-8-6-10/h5-8H,1-4,9,12H2,(H,14,15). The van der Waals surface area contributed by atoms with Crippen LogP contribution in [0.2, 0.25) is 0 Å². The average Bonchev–Trinajstić information content (AvgIpc) is 2.34. The van der Waals surface area contributed by atoms with Crippen LogP contribution in [0.15, 0.2) is 29.4 Å². The minimum Gasteiger partial charge on any atom is -0.294 e. The van der Waals surface area contributed by atoms with Gasteiger partial charge in [0.15, 0.2) is 0 Å². The zero-order valence-electron chi connectivity index (χ0n) is 9.19. The molecule has 0 atom stereocenters. The van der Waals surface area contributed by atoms with E-state index in [2.05, 4.69) is 10.4 Å². The lowest BCUT2D eigenvalue weighted by Crippen LogP contribution is -2.29. The summed E-state index contributed by atoms with van der Waals surface area (Å²) in [5, 5.41) is 0. The fourth-order valence-electron chi connectivity index (χ4n) is 1.26. The number of hydrogen-bond donors (Lipinski definition) is 2. The second kappa shape index (κ2) is 8.13. The highest BCUT2D eigenvalue weighted by Gasteiger charge is 1.98. The maximum Gasteiger partial charge on any atom is 0.233 e. The Bertz CT molecular complexity index is 305. The van der Waals surface area contributed by atoms with E-state index in [1.54, 1.807) is 12.4 Å². The normalized spacial score (nSPS) is 10.1. The minimum absolute atomic E-state index is 0.0817. The molecular formula is C11H17N3OS. The van der Waals surface area contributed by atoms with Gasteiger partial charge < -0.3 is 0 Å². The molecule has 0 aliphatic heterocycles. The summed E-state index contributed by atoms with van der Waals surface area (Å²) in [6.07, 6.45) is 7.20. The van der Waals surface area contributed by atoms with E-state index in [-0.39, 0.29) is 5.91 Å². The molecule has 4 nitrogen and oxygen atoms in total. The first-order valence-corrected chi connectivity index (χ1v) is 6.34. The Hall–Kier alpha value is -1.07. The molecule has 0 spiro atoms. The Kier molecular flexibility index (Phi) is 6.60. The van der Waals surface area contributed by atoms with E-state index in [0.29, 0.717) is 6.42 Å². The topological polar surface area (TPSA) is 68.0 Å². The minimum atomic E-state index is -0.0817. The van der Waals surface area contributed by atoms with Crippen LogP contribution in [-0.2, 0) is 4.79 Å². The van der Waals surface area contributed by atoms with Gasteiger partial charge in [-0.2, -0.15) is 0 Å². The van der Waals surface area contributed by atoms with E-state index in [9.17, 15) is 4.79 Å². The number of unbranched alkanes of at least 4 members (excludes halogenated alkanes) is 2. The Morgan fingerprint density at radius 3 is 2.75 bits per heavy atom. The maximum absolute atomic E-state index is 10.8. The second-order valence-corrected chi connectivity index (χ2v) is 4.58. The van der Waals surface area contributed by atoms with Crippen LogP contribution in [0.3, 0.4) is 0 Å². The number of carbonyl (C=O) groups is 1. The Balaban J connectivity index is 1.98. The second-order valence-electron chi connectivity index (χ2n) is 3.41. The molecule has 0 aromatic carbocycles. The number of aromatic nitrogens is 1. The molecule has 5 heteroatoms. The summed E-state index contributed by atoms with van der Waals surface area (Å²) in [5.41, 5.74) is 2.13. The third-order valence-corrected chi connectivity index (χ3v) is 3.23. The largest absolute Gasteiger partial charge is 0.294 e. The van der Waals surface area contributed by atoms with Crippen LogP contribution in [-0.4, -0.2) is 16.6 Å². The molecule has 0 aliphatic carbocycles. The lowest BCUT2D eigenvalue weighted by Gasteiger charge is -2.01. The molecule has 0 saturated heterocycles. The summed E-state index contributed by atoms with van der Waals surface area (Å²) >= 11 is 1.82. The van der Waals surface area contributed by atoms with Gasteiger partial charge in [0.05, 0.1) is 0 Å². The van der Waals surface area contributed by atoms with Gasteiger partial charge in [-0.05, 0) is 30.7 Å². The van der Waals surface area contributed by atoms with Crippen molar-refractivity contribution >= 4 is 17.7 Å². The summed E-state index contributed by atoms with van der Waals surface area (Å²) in [5.74, 6) is 5.98. The summed E-state index contributed by atoms with van der Waals surface area (Å²) in [6.45, 7) is 0. The molecule has 1 aromatic rings. The van der Waals surface area contributed by atoms with Crippen molar-refractivity contribution in [2.24, 2.45) is 5.84 Å². The van der Waals surface area contributed by atoms with E-state index in [1.165, 1.54) is 4.90 Å². The summed E-state index contributed by atoms with van der Waals surface area (Å²) in [7, 11) is 0. The van der Waals surface area contributed by atoms with E-state index in [4.69, 9.17) is 5.84 Å². The molecule has 16 heavy (non-hydrogen) atoms. The van der Waals surface area contributed by atoms with Crippen LogP contribution in [0.5, 0.6) is 0 Å². The summed E-state index contributed by atoms with van der Waals surface area (Å²) in [6, 6.07) is 4.01. The van der Waals surface area contributed by atoms with Gasteiger partial charge in [0.1, 0.15) is 0 Å². The van der Waals surface area contributed by atoms with Crippen molar-refractivity contribution in [2.45, 2.75) is 30.6 Å². The maximum atomic E-state index is 10.8. The van der Waals surface area contributed by atoms with Gasteiger partial charge in [-0.1, -0.05) is 6.42 Å². The molecular weight excluding hydrogens is 222 g/mol. The van der Waals surface area contributed by atoms with Gasteiger partial charge in [-0.15, -0.1) is 11.8 Å². The molecule has 1 amide bonds. The quantitative estimate of drug-likeness (QED) is 0.250. The molecule has 1 rings (SSSR count). The molecule has 1 aromatic heterocycles. The van der Waals surface area contributed by atoms with Gasteiger partial charge in [0, 0.05) is 23.7 Å². The van der Waals surface area contributed by atoms with Gasteiger partial charge in [0.25, 0.3) is 0 Å². The number of amides is 1. The van der Waals surface area contributed by atoms with Crippen LogP contribution in [0, 0.1) is 0 Å². The highest BCUT2D eigenvalue weighted by Crippen LogP contribution is 2.18. The monoisotopic (exact) mass is 239 g/mol. The number of carbonyl (C=O) groups excluding carboxylic acids is 1. The molecule has 0 unspecified atom stereocenters. The van der Waals surface area contributed by atoms with Crippen molar-refractivity contribution in [3.05, 3.63) is 24.5 Å². The lowest BCUT2D eigenvalue weighted by molar-refractivity contribution is -0.121. The number of hydrazine groups is 1. The van der Waals surface area contributed by atoms with Crippen molar-refractivity contribution in [3.8, 4) is 0 Å². The zero-order chi connectivity index (χ0) is 11.6. The number of hydrogen-bond acceptors (Lipinski definition) is 4. The third-order valence-electron chi connectivity index (χ3n) is 2.13. The molecule has 0 bridgehead atoms. The molecule has 1 heterocycles. The highest BCUT2D eigenvalue weighted by atomic mass is 32.2. The number of thioether (sulfide) groups is 1. The first-order chi connectivity index (χ1) is 7.83. The van der Waals surface area contributed by atoms with E-state index in [1.807, 2.05) is 23.9 Å². The number of rotatable bonds is 7. The fraction of sp³-hybridized carbons (Fsp3) is 0.455. The zero-order valence-corrected chi connectivity index (χ0v) is 10.0. The predicted octanol–water partition coefficient (Wildman–Crippen LogP) is 1.72. The van der Waals surface area contributed by atoms with Gasteiger partial charge in [0.2, 0.25) is 5.91 Å². The number of nitrogens with zero attached hydrogens (tertiary/aromatic N) is 1. The van der Waals surface area contributed by atoms with Crippen LogP contribution < -0.4 is 11.3 Å². The van der Waals surface area contributed by atoms with Crippen LogP contribution in [0.1, 0.15) is 25.7 Å². The van der Waals surface area contributed by atoms with Gasteiger partial charge >= 0.3 is 0 Å². The molecule has 88 valence electrons.